The number of para-hydroxylation sites is 1. The Morgan fingerprint density at radius 3 is 1.87 bits per heavy atom. The first kappa shape index (κ1) is 31.1. The highest BCUT2D eigenvalue weighted by Gasteiger charge is 2.36. The Kier molecular flexibility index (Phi) is 7.16. The summed E-state index contributed by atoms with van der Waals surface area (Å²) < 4.78 is 6.60. The molecule has 0 saturated carbocycles. The molecule has 0 radical (unpaired) electrons. The van der Waals surface area contributed by atoms with Crippen molar-refractivity contribution in [1.29, 1.82) is 0 Å². The number of fused-ring (bicyclic) bond motifs is 6. The SMILES string of the molecule is CC1(C)c2ccccc2-c2ccc(N(c3ccc(-c4cc5ccccc5c5nc(-c6ccccc6)oc45)cc3)c3ccccc3-c3ccccc3)cc21. The molecule has 0 unspecified atom stereocenters. The smallest absolute Gasteiger partial charge is 0.227 e. The molecule has 10 rings (SSSR count). The van der Waals surface area contributed by atoms with Crippen molar-refractivity contribution in [3.8, 4) is 44.8 Å². The van der Waals surface area contributed by atoms with Crippen LogP contribution in [0, 0.1) is 0 Å². The fraction of sp³-hybridized carbons (Fsp3) is 0.0600. The molecule has 0 bridgehead atoms. The highest BCUT2D eigenvalue weighted by atomic mass is 16.3. The molecule has 0 fully saturated rings. The van der Waals surface area contributed by atoms with Crippen LogP contribution in [0.3, 0.4) is 0 Å². The summed E-state index contributed by atoms with van der Waals surface area (Å²) in [5.41, 5.74) is 15.6. The first-order valence-electron chi connectivity index (χ1n) is 18.2. The second-order valence-electron chi connectivity index (χ2n) is 14.4. The van der Waals surface area contributed by atoms with Crippen molar-refractivity contribution in [3.05, 3.63) is 193 Å². The molecule has 8 aromatic carbocycles. The first-order chi connectivity index (χ1) is 26.0. The fourth-order valence-electron chi connectivity index (χ4n) is 8.24. The van der Waals surface area contributed by atoms with Gasteiger partial charge in [0.25, 0.3) is 0 Å². The van der Waals surface area contributed by atoms with Crippen molar-refractivity contribution in [2.45, 2.75) is 19.3 Å². The van der Waals surface area contributed by atoms with Gasteiger partial charge < -0.3 is 9.32 Å². The molecular formula is C50H36N2O. The number of hydrogen-bond acceptors (Lipinski definition) is 3. The predicted octanol–water partition coefficient (Wildman–Crippen LogP) is 13.8. The van der Waals surface area contributed by atoms with Crippen molar-refractivity contribution in [2.24, 2.45) is 0 Å². The Morgan fingerprint density at radius 1 is 0.472 bits per heavy atom. The molecule has 0 spiro atoms. The molecule has 9 aromatic rings. The normalized spacial score (nSPS) is 12.9. The predicted molar refractivity (Wildman–Crippen MR) is 220 cm³/mol. The molecule has 0 N–H and O–H groups in total. The summed E-state index contributed by atoms with van der Waals surface area (Å²) in [7, 11) is 0. The van der Waals surface area contributed by atoms with Gasteiger partial charge in [0.2, 0.25) is 5.89 Å². The van der Waals surface area contributed by atoms with Gasteiger partial charge in [0.1, 0.15) is 5.52 Å². The molecule has 1 aliphatic carbocycles. The highest BCUT2D eigenvalue weighted by molar-refractivity contribution is 6.10. The monoisotopic (exact) mass is 680 g/mol. The molecule has 0 aliphatic heterocycles. The topological polar surface area (TPSA) is 29.3 Å². The van der Waals surface area contributed by atoms with E-state index in [-0.39, 0.29) is 5.41 Å². The number of oxazole rings is 1. The lowest BCUT2D eigenvalue weighted by Crippen LogP contribution is -2.16. The van der Waals surface area contributed by atoms with Crippen LogP contribution in [-0.2, 0) is 5.41 Å². The third-order valence-corrected chi connectivity index (χ3v) is 10.9. The molecule has 1 aromatic heterocycles. The van der Waals surface area contributed by atoms with Gasteiger partial charge in [0.05, 0.1) is 5.69 Å². The fourth-order valence-corrected chi connectivity index (χ4v) is 8.24. The highest BCUT2D eigenvalue weighted by Crippen LogP contribution is 2.51. The van der Waals surface area contributed by atoms with Crippen molar-refractivity contribution in [3.63, 3.8) is 0 Å². The first-order valence-corrected chi connectivity index (χ1v) is 18.2. The zero-order valence-corrected chi connectivity index (χ0v) is 29.6. The molecule has 252 valence electrons. The van der Waals surface area contributed by atoms with Crippen molar-refractivity contribution >= 4 is 38.9 Å². The summed E-state index contributed by atoms with van der Waals surface area (Å²) in [5, 5.41) is 2.21. The number of hydrogen-bond donors (Lipinski definition) is 0. The van der Waals surface area contributed by atoms with E-state index in [1.165, 1.54) is 33.4 Å². The van der Waals surface area contributed by atoms with Gasteiger partial charge >= 0.3 is 0 Å². The number of benzene rings is 8. The van der Waals surface area contributed by atoms with E-state index >= 15 is 0 Å². The molecule has 0 amide bonds. The average molecular weight is 681 g/mol. The summed E-state index contributed by atoms with van der Waals surface area (Å²) >= 11 is 0. The summed E-state index contributed by atoms with van der Waals surface area (Å²) in [6.45, 7) is 4.69. The quantitative estimate of drug-likeness (QED) is 0.175. The Hall–Kier alpha value is -6.71. The maximum absolute atomic E-state index is 6.60. The van der Waals surface area contributed by atoms with Crippen molar-refractivity contribution < 1.29 is 4.42 Å². The minimum Gasteiger partial charge on any atom is -0.435 e. The maximum Gasteiger partial charge on any atom is 0.227 e. The van der Waals surface area contributed by atoms with E-state index in [1.807, 2.05) is 30.3 Å². The number of nitrogens with zero attached hydrogens (tertiary/aromatic N) is 2. The lowest BCUT2D eigenvalue weighted by Gasteiger charge is -2.30. The van der Waals surface area contributed by atoms with Gasteiger partial charge in [-0.15, -0.1) is 0 Å². The van der Waals surface area contributed by atoms with Crippen LogP contribution in [0.2, 0.25) is 0 Å². The molecule has 3 nitrogen and oxygen atoms in total. The van der Waals surface area contributed by atoms with E-state index in [2.05, 4.69) is 170 Å². The lowest BCUT2D eigenvalue weighted by molar-refractivity contribution is 0.621. The van der Waals surface area contributed by atoms with Crippen LogP contribution in [0.4, 0.5) is 17.1 Å². The van der Waals surface area contributed by atoms with Crippen LogP contribution in [0.5, 0.6) is 0 Å². The Labute approximate surface area is 309 Å². The molecule has 1 heterocycles. The molecule has 53 heavy (non-hydrogen) atoms. The lowest BCUT2D eigenvalue weighted by atomic mass is 9.82. The molecule has 3 heteroatoms. The van der Waals surface area contributed by atoms with Gasteiger partial charge in [0, 0.05) is 38.9 Å². The minimum absolute atomic E-state index is 0.118. The molecule has 1 aliphatic rings. The summed E-state index contributed by atoms with van der Waals surface area (Å²) in [6, 6.07) is 64.9. The summed E-state index contributed by atoms with van der Waals surface area (Å²) in [4.78, 5) is 7.45. The summed E-state index contributed by atoms with van der Waals surface area (Å²) in [5.74, 6) is 0.625. The third-order valence-electron chi connectivity index (χ3n) is 10.9. The average Bonchev–Trinajstić information content (AvgIpc) is 3.77. The molecular weight excluding hydrogens is 645 g/mol. The molecule has 0 saturated heterocycles. The van der Waals surface area contributed by atoms with Crippen LogP contribution in [0.15, 0.2) is 186 Å². The third kappa shape index (κ3) is 5.08. The van der Waals surface area contributed by atoms with E-state index in [4.69, 9.17) is 9.40 Å². The minimum atomic E-state index is -0.118. The second kappa shape index (κ2) is 12.2. The second-order valence-corrected chi connectivity index (χ2v) is 14.4. The van der Waals surface area contributed by atoms with Crippen molar-refractivity contribution in [1.82, 2.24) is 4.98 Å². The maximum atomic E-state index is 6.60. The van der Waals surface area contributed by atoms with Gasteiger partial charge in [-0.2, -0.15) is 0 Å². The largest absolute Gasteiger partial charge is 0.435 e. The Bertz CT molecular complexity index is 2800. The van der Waals surface area contributed by atoms with Gasteiger partial charge in [0.15, 0.2) is 5.58 Å². The number of aromatic nitrogens is 1. The zero-order chi connectivity index (χ0) is 35.5. The van der Waals surface area contributed by atoms with E-state index in [1.54, 1.807) is 0 Å². The van der Waals surface area contributed by atoms with E-state index in [0.29, 0.717) is 5.89 Å². The van der Waals surface area contributed by atoms with E-state index < -0.39 is 0 Å². The van der Waals surface area contributed by atoms with Gasteiger partial charge in [-0.3, -0.25) is 0 Å². The van der Waals surface area contributed by atoms with Crippen LogP contribution in [-0.4, -0.2) is 4.98 Å². The van der Waals surface area contributed by atoms with Crippen molar-refractivity contribution in [2.75, 3.05) is 4.90 Å². The van der Waals surface area contributed by atoms with E-state index in [9.17, 15) is 0 Å². The Balaban J connectivity index is 1.14. The van der Waals surface area contributed by atoms with Crippen LogP contribution < -0.4 is 4.90 Å². The van der Waals surface area contributed by atoms with Gasteiger partial charge in [-0.05, 0) is 87.3 Å². The van der Waals surface area contributed by atoms with E-state index in [0.717, 1.165) is 55.6 Å². The summed E-state index contributed by atoms with van der Waals surface area (Å²) in [6.07, 6.45) is 0. The van der Waals surface area contributed by atoms with Crippen LogP contribution in [0.25, 0.3) is 66.7 Å². The standard InChI is InChI=1S/C50H36N2O/c1-50(2)44-23-13-11-22-41(44)42-30-29-38(32-45(42)50)52(46-24-14-12-20-39(46)33-15-5-3-6-16-33)37-27-25-34(26-28-37)43-31-36-19-9-10-21-40(36)47-48(43)53-49(51-47)35-17-7-4-8-18-35/h3-32H,1-2H3. The Morgan fingerprint density at radius 2 is 1.08 bits per heavy atom. The van der Waals surface area contributed by atoms with Gasteiger partial charge in [-0.25, -0.2) is 4.98 Å². The number of anilines is 3. The van der Waals surface area contributed by atoms with Crippen LogP contribution >= 0.6 is 0 Å². The zero-order valence-electron chi connectivity index (χ0n) is 29.6. The molecule has 0 atom stereocenters. The van der Waals surface area contributed by atoms with Gasteiger partial charge in [-0.1, -0.05) is 147 Å². The van der Waals surface area contributed by atoms with Crippen LogP contribution in [0.1, 0.15) is 25.0 Å². The number of rotatable bonds is 6.